The lowest BCUT2D eigenvalue weighted by Crippen LogP contribution is -2.47. The van der Waals surface area contributed by atoms with Crippen molar-refractivity contribution < 1.29 is 28.4 Å². The highest BCUT2D eigenvalue weighted by Gasteiger charge is 2.56. The van der Waals surface area contributed by atoms with Gasteiger partial charge >= 0.3 is 0 Å². The fourth-order valence-electron chi connectivity index (χ4n) is 3.90. The molecule has 1 N–H and O–H groups in total. The van der Waals surface area contributed by atoms with E-state index in [-0.39, 0.29) is 19.8 Å². The van der Waals surface area contributed by atoms with Gasteiger partial charge in [-0.3, -0.25) is 0 Å². The largest absolute Gasteiger partial charge is 0.374 e. The Morgan fingerprint density at radius 1 is 0.727 bits per heavy atom. The third kappa shape index (κ3) is 6.25. The topological polar surface area (TPSA) is 57.2 Å². The molecule has 1 heterocycles. The molecule has 0 aromatic heterocycles. The average Bonchev–Trinajstić information content (AvgIpc) is 3.14. The van der Waals surface area contributed by atoms with Crippen LogP contribution in [0.15, 0.2) is 91.0 Å². The van der Waals surface area contributed by atoms with Gasteiger partial charge in [0.05, 0.1) is 26.4 Å². The van der Waals surface area contributed by atoms with Crippen LogP contribution in [0, 0.1) is 0 Å². The predicted octanol–water partition coefficient (Wildman–Crippen LogP) is 4.43. The van der Waals surface area contributed by atoms with Gasteiger partial charge in [0, 0.05) is 0 Å². The van der Waals surface area contributed by atoms with Crippen LogP contribution >= 0.6 is 0 Å². The number of benzene rings is 3. The van der Waals surface area contributed by atoms with Crippen molar-refractivity contribution >= 4 is 0 Å². The molecule has 0 spiro atoms. The molecule has 4 atom stereocenters. The zero-order valence-electron chi connectivity index (χ0n) is 18.4. The third-order valence-corrected chi connectivity index (χ3v) is 5.61. The Kier molecular flexibility index (Phi) is 8.20. The van der Waals surface area contributed by atoms with Crippen molar-refractivity contribution in [3.8, 4) is 0 Å². The molecule has 174 valence electrons. The molecular formula is C27H29FO5. The third-order valence-electron chi connectivity index (χ3n) is 5.61. The highest BCUT2D eigenvalue weighted by molar-refractivity contribution is 5.15. The molecule has 0 bridgehead atoms. The van der Waals surface area contributed by atoms with Crippen LogP contribution in [-0.4, -0.2) is 42.5 Å². The van der Waals surface area contributed by atoms with E-state index in [1.807, 2.05) is 91.0 Å². The molecule has 1 unspecified atom stereocenters. The second kappa shape index (κ2) is 11.5. The van der Waals surface area contributed by atoms with Crippen LogP contribution in [0.1, 0.15) is 16.7 Å². The first-order chi connectivity index (χ1) is 16.2. The fourth-order valence-corrected chi connectivity index (χ4v) is 3.90. The van der Waals surface area contributed by atoms with Crippen molar-refractivity contribution in [2.24, 2.45) is 0 Å². The summed E-state index contributed by atoms with van der Waals surface area (Å²) < 4.78 is 37.7. The Labute approximate surface area is 193 Å². The molecule has 1 aliphatic rings. The molecule has 0 saturated carbocycles. The lowest BCUT2D eigenvalue weighted by Gasteiger charge is -2.28. The average molecular weight is 453 g/mol. The number of alkyl halides is 1. The van der Waals surface area contributed by atoms with Crippen LogP contribution in [0.25, 0.3) is 0 Å². The standard InChI is InChI=1S/C27H29FO5/c28-20-27(29)26(32-18-23-14-8-3-9-15-23)25(31-17-22-12-6-2-7-13-22)24(33-27)19-30-16-21-10-4-1-5-11-21/h1-15,24-26,29H,16-20H2/t24-,25-,26+,27?/m1/s1. The quantitative estimate of drug-likeness (QED) is 0.467. The molecule has 6 heteroatoms. The molecule has 0 amide bonds. The van der Waals surface area contributed by atoms with E-state index in [1.165, 1.54) is 0 Å². The summed E-state index contributed by atoms with van der Waals surface area (Å²) in [5, 5.41) is 10.9. The first kappa shape index (κ1) is 23.5. The number of aliphatic hydroxyl groups is 1. The van der Waals surface area contributed by atoms with Crippen molar-refractivity contribution in [2.75, 3.05) is 13.3 Å². The number of hydrogen-bond acceptors (Lipinski definition) is 5. The Balaban J connectivity index is 1.47. The van der Waals surface area contributed by atoms with Crippen LogP contribution in [0.5, 0.6) is 0 Å². The second-order valence-corrected chi connectivity index (χ2v) is 8.11. The van der Waals surface area contributed by atoms with E-state index in [4.69, 9.17) is 18.9 Å². The molecule has 1 fully saturated rings. The summed E-state index contributed by atoms with van der Waals surface area (Å²) in [6.45, 7) is -0.151. The van der Waals surface area contributed by atoms with Gasteiger partial charge in [-0.25, -0.2) is 4.39 Å². The molecular weight excluding hydrogens is 423 g/mol. The summed E-state index contributed by atoms with van der Waals surface area (Å²) in [6, 6.07) is 28.9. The minimum absolute atomic E-state index is 0.127. The Morgan fingerprint density at radius 3 is 1.73 bits per heavy atom. The van der Waals surface area contributed by atoms with Gasteiger partial charge in [-0.1, -0.05) is 91.0 Å². The molecule has 0 radical (unpaired) electrons. The monoisotopic (exact) mass is 452 g/mol. The predicted molar refractivity (Wildman–Crippen MR) is 122 cm³/mol. The Hall–Kier alpha value is -2.61. The van der Waals surface area contributed by atoms with Crippen LogP contribution in [-0.2, 0) is 38.8 Å². The normalized spacial score (nSPS) is 24.7. The van der Waals surface area contributed by atoms with E-state index < -0.39 is 30.8 Å². The van der Waals surface area contributed by atoms with E-state index >= 15 is 0 Å². The van der Waals surface area contributed by atoms with Crippen LogP contribution in [0.3, 0.4) is 0 Å². The number of halogens is 1. The van der Waals surface area contributed by atoms with Gasteiger partial charge in [-0.15, -0.1) is 0 Å². The maximum atomic E-state index is 14.0. The van der Waals surface area contributed by atoms with Gasteiger partial charge in [0.15, 0.2) is 0 Å². The number of hydrogen-bond donors (Lipinski definition) is 1. The van der Waals surface area contributed by atoms with Crippen LogP contribution in [0.4, 0.5) is 4.39 Å². The molecule has 1 saturated heterocycles. The van der Waals surface area contributed by atoms with Crippen molar-refractivity contribution in [1.29, 1.82) is 0 Å². The van der Waals surface area contributed by atoms with Gasteiger partial charge in [0.25, 0.3) is 0 Å². The highest BCUT2D eigenvalue weighted by Crippen LogP contribution is 2.35. The van der Waals surface area contributed by atoms with Crippen LogP contribution in [0.2, 0.25) is 0 Å². The van der Waals surface area contributed by atoms with Gasteiger partial charge in [-0.05, 0) is 16.7 Å². The van der Waals surface area contributed by atoms with Gasteiger partial charge < -0.3 is 24.1 Å². The van der Waals surface area contributed by atoms with Crippen molar-refractivity contribution in [2.45, 2.75) is 43.9 Å². The summed E-state index contributed by atoms with van der Waals surface area (Å²) >= 11 is 0. The van der Waals surface area contributed by atoms with Gasteiger partial charge in [-0.2, -0.15) is 0 Å². The molecule has 3 aromatic rings. The van der Waals surface area contributed by atoms with Crippen molar-refractivity contribution in [1.82, 2.24) is 0 Å². The molecule has 1 aliphatic heterocycles. The maximum Gasteiger partial charge on any atom is 0.224 e. The first-order valence-corrected chi connectivity index (χ1v) is 11.1. The Bertz CT molecular complexity index is 956. The first-order valence-electron chi connectivity index (χ1n) is 11.1. The van der Waals surface area contributed by atoms with E-state index in [9.17, 15) is 9.50 Å². The molecule has 33 heavy (non-hydrogen) atoms. The van der Waals surface area contributed by atoms with E-state index in [1.54, 1.807) is 0 Å². The highest BCUT2D eigenvalue weighted by atomic mass is 19.1. The van der Waals surface area contributed by atoms with E-state index in [2.05, 4.69) is 0 Å². The summed E-state index contributed by atoms with van der Waals surface area (Å²) in [5.41, 5.74) is 2.87. The van der Waals surface area contributed by atoms with E-state index in [0.29, 0.717) is 6.61 Å². The lowest BCUT2D eigenvalue weighted by molar-refractivity contribution is -0.250. The summed E-state index contributed by atoms with van der Waals surface area (Å²) in [4.78, 5) is 0. The minimum atomic E-state index is -2.11. The van der Waals surface area contributed by atoms with Crippen LogP contribution < -0.4 is 0 Å². The van der Waals surface area contributed by atoms with Crippen molar-refractivity contribution in [3.05, 3.63) is 108 Å². The zero-order valence-corrected chi connectivity index (χ0v) is 18.4. The fraction of sp³-hybridized carbons (Fsp3) is 0.333. The van der Waals surface area contributed by atoms with Gasteiger partial charge in [0.2, 0.25) is 5.79 Å². The molecule has 3 aromatic carbocycles. The minimum Gasteiger partial charge on any atom is -0.374 e. The second-order valence-electron chi connectivity index (χ2n) is 8.11. The smallest absolute Gasteiger partial charge is 0.224 e. The summed E-state index contributed by atoms with van der Waals surface area (Å²) in [5.74, 6) is -2.11. The van der Waals surface area contributed by atoms with E-state index in [0.717, 1.165) is 16.7 Å². The maximum absolute atomic E-state index is 14.0. The Morgan fingerprint density at radius 2 is 1.21 bits per heavy atom. The number of ether oxygens (including phenoxy) is 4. The molecule has 5 nitrogen and oxygen atoms in total. The zero-order chi connectivity index (χ0) is 22.9. The molecule has 4 rings (SSSR count). The van der Waals surface area contributed by atoms with Gasteiger partial charge in [0.1, 0.15) is 25.0 Å². The summed E-state index contributed by atoms with van der Waals surface area (Å²) in [6.07, 6.45) is -2.43. The molecule has 0 aliphatic carbocycles. The number of rotatable bonds is 11. The lowest BCUT2D eigenvalue weighted by atomic mass is 10.1. The van der Waals surface area contributed by atoms with Crippen molar-refractivity contribution in [3.63, 3.8) is 0 Å². The summed E-state index contributed by atoms with van der Waals surface area (Å²) in [7, 11) is 0. The SMILES string of the molecule is OC1(CF)O[C@H](COCc2ccccc2)[C@@H](OCc2ccccc2)[C@@H]1OCc1ccccc1.